The highest BCUT2D eigenvalue weighted by molar-refractivity contribution is 7.99. The molecular formula is C9H19NOS. The average molecular weight is 189 g/mol. The van der Waals surface area contributed by atoms with Gasteiger partial charge in [-0.25, -0.2) is 0 Å². The number of allylic oxidation sites excluding steroid dienone is 1. The number of rotatable bonds is 8. The SMILES string of the molecule is C/C=C/CNCCSCCCO. The molecule has 0 rings (SSSR count). The molecule has 0 saturated carbocycles. The van der Waals surface area contributed by atoms with E-state index in [1.165, 1.54) is 0 Å². The van der Waals surface area contributed by atoms with Crippen molar-refractivity contribution >= 4 is 11.8 Å². The molecule has 12 heavy (non-hydrogen) atoms. The van der Waals surface area contributed by atoms with Gasteiger partial charge < -0.3 is 10.4 Å². The molecule has 0 bridgehead atoms. The van der Waals surface area contributed by atoms with Crippen LogP contribution in [0.4, 0.5) is 0 Å². The fraction of sp³-hybridized carbons (Fsp3) is 0.778. The Labute approximate surface area is 79.4 Å². The normalized spacial score (nSPS) is 11.2. The predicted molar refractivity (Wildman–Crippen MR) is 56.7 cm³/mol. The van der Waals surface area contributed by atoms with Crippen LogP contribution in [0.3, 0.4) is 0 Å². The smallest absolute Gasteiger partial charge is 0.0438 e. The highest BCUT2D eigenvalue weighted by Crippen LogP contribution is 1.99. The van der Waals surface area contributed by atoms with E-state index in [0.717, 1.165) is 31.0 Å². The lowest BCUT2D eigenvalue weighted by atomic mass is 10.5. The summed E-state index contributed by atoms with van der Waals surface area (Å²) in [6.45, 7) is 4.37. The Morgan fingerprint density at radius 1 is 1.42 bits per heavy atom. The lowest BCUT2D eigenvalue weighted by molar-refractivity contribution is 0.296. The van der Waals surface area contributed by atoms with E-state index in [4.69, 9.17) is 5.11 Å². The minimum Gasteiger partial charge on any atom is -0.396 e. The fourth-order valence-electron chi connectivity index (χ4n) is 0.716. The van der Waals surface area contributed by atoms with Gasteiger partial charge in [-0.05, 0) is 19.1 Å². The van der Waals surface area contributed by atoms with E-state index in [0.29, 0.717) is 6.61 Å². The van der Waals surface area contributed by atoms with Gasteiger partial charge in [0.15, 0.2) is 0 Å². The van der Waals surface area contributed by atoms with Gasteiger partial charge in [-0.1, -0.05) is 12.2 Å². The summed E-state index contributed by atoms with van der Waals surface area (Å²) in [5, 5.41) is 11.8. The second kappa shape index (κ2) is 11.0. The second-order valence-corrected chi connectivity index (χ2v) is 3.69. The maximum Gasteiger partial charge on any atom is 0.0438 e. The quantitative estimate of drug-likeness (QED) is 0.445. The molecule has 0 aromatic carbocycles. The van der Waals surface area contributed by atoms with Crippen molar-refractivity contribution in [2.45, 2.75) is 13.3 Å². The molecule has 0 unspecified atom stereocenters. The lowest BCUT2D eigenvalue weighted by Gasteiger charge is -2.00. The third-order valence-electron chi connectivity index (χ3n) is 1.37. The van der Waals surface area contributed by atoms with Gasteiger partial charge in [-0.15, -0.1) is 0 Å². The zero-order valence-electron chi connectivity index (χ0n) is 7.75. The molecular weight excluding hydrogens is 170 g/mol. The van der Waals surface area contributed by atoms with E-state index in [-0.39, 0.29) is 0 Å². The van der Waals surface area contributed by atoms with Crippen molar-refractivity contribution in [2.24, 2.45) is 0 Å². The topological polar surface area (TPSA) is 32.3 Å². The maximum atomic E-state index is 8.50. The number of nitrogens with one attached hydrogen (secondary N) is 1. The summed E-state index contributed by atoms with van der Waals surface area (Å²) < 4.78 is 0. The fourth-order valence-corrected chi connectivity index (χ4v) is 1.54. The highest BCUT2D eigenvalue weighted by Gasteiger charge is 1.87. The second-order valence-electron chi connectivity index (χ2n) is 2.46. The molecule has 72 valence electrons. The summed E-state index contributed by atoms with van der Waals surface area (Å²) in [6, 6.07) is 0. The summed E-state index contributed by atoms with van der Waals surface area (Å²) in [4.78, 5) is 0. The molecule has 0 heterocycles. The van der Waals surface area contributed by atoms with Crippen LogP contribution in [-0.2, 0) is 0 Å². The summed E-state index contributed by atoms with van der Waals surface area (Å²) in [5.74, 6) is 2.21. The van der Waals surface area contributed by atoms with Crippen LogP contribution in [0.1, 0.15) is 13.3 Å². The summed E-state index contributed by atoms with van der Waals surface area (Å²) in [5.41, 5.74) is 0. The molecule has 0 aliphatic heterocycles. The van der Waals surface area contributed by atoms with Gasteiger partial charge in [0.1, 0.15) is 0 Å². The summed E-state index contributed by atoms with van der Waals surface area (Å²) >= 11 is 1.89. The van der Waals surface area contributed by atoms with Gasteiger partial charge in [-0.3, -0.25) is 0 Å². The number of aliphatic hydroxyl groups is 1. The van der Waals surface area contributed by atoms with E-state index in [1.54, 1.807) is 0 Å². The van der Waals surface area contributed by atoms with Crippen LogP contribution in [0, 0.1) is 0 Å². The lowest BCUT2D eigenvalue weighted by Crippen LogP contribution is -2.16. The first kappa shape index (κ1) is 12.0. The Morgan fingerprint density at radius 3 is 2.92 bits per heavy atom. The molecule has 3 heteroatoms. The minimum absolute atomic E-state index is 0.318. The van der Waals surface area contributed by atoms with Crippen LogP contribution in [0.15, 0.2) is 12.2 Å². The van der Waals surface area contributed by atoms with Gasteiger partial charge in [-0.2, -0.15) is 11.8 Å². The Hall–Kier alpha value is 0.01000. The van der Waals surface area contributed by atoms with Gasteiger partial charge in [0.25, 0.3) is 0 Å². The first-order chi connectivity index (χ1) is 5.91. The van der Waals surface area contributed by atoms with E-state index < -0.39 is 0 Å². The van der Waals surface area contributed by atoms with Crippen LogP contribution < -0.4 is 5.32 Å². The predicted octanol–water partition coefficient (Wildman–Crippen LogP) is 1.27. The average Bonchev–Trinajstić information content (AvgIpc) is 2.10. The zero-order valence-corrected chi connectivity index (χ0v) is 8.57. The third-order valence-corrected chi connectivity index (χ3v) is 2.44. The maximum absolute atomic E-state index is 8.50. The Morgan fingerprint density at radius 2 is 2.25 bits per heavy atom. The molecule has 0 aliphatic rings. The Balaban J connectivity index is 2.81. The van der Waals surface area contributed by atoms with Crippen molar-refractivity contribution < 1.29 is 5.11 Å². The van der Waals surface area contributed by atoms with Crippen molar-refractivity contribution in [3.63, 3.8) is 0 Å². The van der Waals surface area contributed by atoms with Crippen molar-refractivity contribution in [1.82, 2.24) is 5.32 Å². The highest BCUT2D eigenvalue weighted by atomic mass is 32.2. The van der Waals surface area contributed by atoms with Crippen LogP contribution in [-0.4, -0.2) is 36.3 Å². The molecule has 0 aliphatic carbocycles. The summed E-state index contributed by atoms with van der Waals surface area (Å²) in [7, 11) is 0. The number of aliphatic hydroxyl groups excluding tert-OH is 1. The number of thioether (sulfide) groups is 1. The molecule has 2 N–H and O–H groups in total. The molecule has 0 saturated heterocycles. The minimum atomic E-state index is 0.318. The van der Waals surface area contributed by atoms with E-state index in [2.05, 4.69) is 11.4 Å². The molecule has 0 atom stereocenters. The van der Waals surface area contributed by atoms with Crippen LogP contribution in [0.25, 0.3) is 0 Å². The molecule has 0 radical (unpaired) electrons. The standard InChI is InChI=1S/C9H19NOS/c1-2-3-5-10-6-9-12-8-4-7-11/h2-3,10-11H,4-9H2,1H3/b3-2+. The van der Waals surface area contributed by atoms with Crippen molar-refractivity contribution in [1.29, 1.82) is 0 Å². The van der Waals surface area contributed by atoms with Gasteiger partial charge in [0.2, 0.25) is 0 Å². The number of hydrogen-bond acceptors (Lipinski definition) is 3. The number of hydrogen-bond donors (Lipinski definition) is 2. The third kappa shape index (κ3) is 10.0. The Kier molecular flexibility index (Phi) is 11.0. The first-order valence-corrected chi connectivity index (χ1v) is 5.57. The van der Waals surface area contributed by atoms with Crippen LogP contribution in [0.2, 0.25) is 0 Å². The zero-order chi connectivity index (χ0) is 9.07. The van der Waals surface area contributed by atoms with Gasteiger partial charge in [0, 0.05) is 25.4 Å². The van der Waals surface area contributed by atoms with E-state index in [9.17, 15) is 0 Å². The molecule has 2 nitrogen and oxygen atoms in total. The van der Waals surface area contributed by atoms with Crippen LogP contribution >= 0.6 is 11.8 Å². The first-order valence-electron chi connectivity index (χ1n) is 4.42. The molecule has 0 spiro atoms. The van der Waals surface area contributed by atoms with Gasteiger partial charge in [0.05, 0.1) is 0 Å². The molecule has 0 aromatic rings. The van der Waals surface area contributed by atoms with Crippen molar-refractivity contribution in [3.8, 4) is 0 Å². The van der Waals surface area contributed by atoms with E-state index >= 15 is 0 Å². The van der Waals surface area contributed by atoms with Crippen molar-refractivity contribution in [2.75, 3.05) is 31.2 Å². The van der Waals surface area contributed by atoms with E-state index in [1.807, 2.05) is 24.8 Å². The molecule has 0 fully saturated rings. The monoisotopic (exact) mass is 189 g/mol. The molecule has 0 aromatic heterocycles. The van der Waals surface area contributed by atoms with Gasteiger partial charge >= 0.3 is 0 Å². The van der Waals surface area contributed by atoms with Crippen LogP contribution in [0.5, 0.6) is 0 Å². The Bertz CT molecular complexity index is 107. The van der Waals surface area contributed by atoms with Crippen molar-refractivity contribution in [3.05, 3.63) is 12.2 Å². The molecule has 0 amide bonds. The largest absolute Gasteiger partial charge is 0.396 e. The summed E-state index contributed by atoms with van der Waals surface area (Å²) in [6.07, 6.45) is 5.07.